The van der Waals surface area contributed by atoms with Gasteiger partial charge in [-0.05, 0) is 42.5 Å². The van der Waals surface area contributed by atoms with Gasteiger partial charge in [0.2, 0.25) is 0 Å². The Morgan fingerprint density at radius 3 is 2.55 bits per heavy atom. The molecule has 146 valence electrons. The Morgan fingerprint density at radius 1 is 1.10 bits per heavy atom. The van der Waals surface area contributed by atoms with E-state index in [1.54, 1.807) is 24.3 Å². The molecule has 0 fully saturated rings. The van der Waals surface area contributed by atoms with Crippen LogP contribution in [0, 0.1) is 0 Å². The third-order valence-corrected chi connectivity index (χ3v) is 4.93. The zero-order chi connectivity index (χ0) is 20.6. The minimum Gasteiger partial charge on any atom is -0.382 e. The first-order chi connectivity index (χ1) is 13.8. The summed E-state index contributed by atoms with van der Waals surface area (Å²) in [6, 6.07) is 11.5. The minimum absolute atomic E-state index is 0.0131. The molecule has 1 amide bonds. The molecule has 4 rings (SSSR count). The van der Waals surface area contributed by atoms with Gasteiger partial charge in [-0.15, -0.1) is 3.89 Å². The van der Waals surface area contributed by atoms with Gasteiger partial charge in [0.25, 0.3) is 5.91 Å². The molecule has 29 heavy (non-hydrogen) atoms. The van der Waals surface area contributed by atoms with Crippen LogP contribution in [0.2, 0.25) is 0 Å². The van der Waals surface area contributed by atoms with E-state index in [-0.39, 0.29) is 11.4 Å². The van der Waals surface area contributed by atoms with Crippen LogP contribution in [0.1, 0.15) is 10.4 Å². The maximum absolute atomic E-state index is 13.1. The lowest BCUT2D eigenvalue weighted by molar-refractivity contribution is 0.102. The van der Waals surface area contributed by atoms with E-state index in [9.17, 15) is 17.1 Å². The molecule has 9 nitrogen and oxygen atoms in total. The number of amides is 1. The Kier molecular flexibility index (Phi) is 4.43. The molecule has 0 aliphatic carbocycles. The molecule has 4 aromatic rings. The van der Waals surface area contributed by atoms with Crippen molar-refractivity contribution in [3.63, 3.8) is 0 Å². The molecule has 4 N–H and O–H groups in total. The Bertz CT molecular complexity index is 1340. The first-order valence-corrected chi connectivity index (χ1v) is 9.62. The number of imidazole rings is 1. The molecule has 0 spiro atoms. The summed E-state index contributed by atoms with van der Waals surface area (Å²) in [7, 11) is -4.89. The quantitative estimate of drug-likeness (QED) is 0.437. The Hall–Kier alpha value is -3.86. The fraction of sp³-hybridized carbons (Fsp3) is 0. The number of aromatic amines is 1. The SMILES string of the molecule is Nc1ncnc2nc(-c3ccc(NC(=O)c4cccc(S(=O)(=O)F)c4)cc3)[nH]c12. The van der Waals surface area contributed by atoms with Crippen LogP contribution in [0.3, 0.4) is 0 Å². The summed E-state index contributed by atoms with van der Waals surface area (Å²) < 4.78 is 35.1. The largest absolute Gasteiger partial charge is 0.382 e. The van der Waals surface area contributed by atoms with E-state index < -0.39 is 21.0 Å². The summed E-state index contributed by atoms with van der Waals surface area (Å²) in [6.07, 6.45) is 1.32. The number of fused-ring (bicyclic) bond motifs is 1. The van der Waals surface area contributed by atoms with E-state index in [0.717, 1.165) is 17.7 Å². The van der Waals surface area contributed by atoms with Gasteiger partial charge in [0.1, 0.15) is 17.7 Å². The van der Waals surface area contributed by atoms with Crippen molar-refractivity contribution in [2.24, 2.45) is 0 Å². The van der Waals surface area contributed by atoms with E-state index in [2.05, 4.69) is 25.3 Å². The zero-order valence-corrected chi connectivity index (χ0v) is 15.4. The van der Waals surface area contributed by atoms with Crippen molar-refractivity contribution in [3.8, 4) is 11.4 Å². The van der Waals surface area contributed by atoms with E-state index >= 15 is 0 Å². The van der Waals surface area contributed by atoms with Crippen LogP contribution >= 0.6 is 0 Å². The number of H-pyrrole nitrogens is 1. The van der Waals surface area contributed by atoms with E-state index in [0.29, 0.717) is 22.7 Å². The number of nitrogens with zero attached hydrogens (tertiary/aromatic N) is 3. The van der Waals surface area contributed by atoms with Crippen LogP contribution in [0.25, 0.3) is 22.6 Å². The molecule has 0 aliphatic rings. The summed E-state index contributed by atoms with van der Waals surface area (Å²) >= 11 is 0. The lowest BCUT2D eigenvalue weighted by Crippen LogP contribution is -2.12. The Balaban J connectivity index is 1.55. The lowest BCUT2D eigenvalue weighted by atomic mass is 10.1. The van der Waals surface area contributed by atoms with E-state index in [1.807, 2.05) is 0 Å². The second kappa shape index (κ2) is 6.95. The van der Waals surface area contributed by atoms with Crippen molar-refractivity contribution >= 4 is 38.8 Å². The van der Waals surface area contributed by atoms with Crippen LogP contribution in [0.5, 0.6) is 0 Å². The van der Waals surface area contributed by atoms with Gasteiger partial charge in [0.15, 0.2) is 11.5 Å². The molecular formula is C18H13FN6O3S. The van der Waals surface area contributed by atoms with Crippen LogP contribution in [0.15, 0.2) is 59.8 Å². The number of hydrogen-bond acceptors (Lipinski definition) is 7. The normalized spacial score (nSPS) is 11.5. The van der Waals surface area contributed by atoms with Gasteiger partial charge in [-0.1, -0.05) is 6.07 Å². The number of benzene rings is 2. The van der Waals surface area contributed by atoms with Crippen molar-refractivity contribution in [1.29, 1.82) is 0 Å². The third-order valence-electron chi connectivity index (χ3n) is 4.11. The fourth-order valence-electron chi connectivity index (χ4n) is 2.69. The highest BCUT2D eigenvalue weighted by atomic mass is 32.3. The van der Waals surface area contributed by atoms with Gasteiger partial charge in [0, 0.05) is 16.8 Å². The first-order valence-electron chi connectivity index (χ1n) is 8.24. The number of halogens is 1. The van der Waals surface area contributed by atoms with Crippen molar-refractivity contribution in [2.75, 3.05) is 11.1 Å². The number of nitrogens with two attached hydrogens (primary N) is 1. The predicted octanol–water partition coefficient (Wildman–Crippen LogP) is 2.51. The molecule has 2 aromatic heterocycles. The summed E-state index contributed by atoms with van der Waals surface area (Å²) in [4.78, 5) is 27.1. The van der Waals surface area contributed by atoms with Gasteiger partial charge in [-0.3, -0.25) is 4.79 Å². The number of nitrogens with one attached hydrogen (secondary N) is 2. The molecule has 2 heterocycles. The van der Waals surface area contributed by atoms with Crippen LogP contribution in [-0.2, 0) is 10.2 Å². The van der Waals surface area contributed by atoms with Crippen molar-refractivity contribution in [1.82, 2.24) is 19.9 Å². The number of nitrogen functional groups attached to an aromatic ring is 1. The van der Waals surface area contributed by atoms with Gasteiger partial charge >= 0.3 is 10.2 Å². The molecule has 2 aromatic carbocycles. The number of rotatable bonds is 4. The summed E-state index contributed by atoms with van der Waals surface area (Å²) in [5, 5.41) is 2.62. The number of carbonyl (C=O) groups is 1. The average molecular weight is 412 g/mol. The van der Waals surface area contributed by atoms with Gasteiger partial charge in [-0.2, -0.15) is 8.42 Å². The first kappa shape index (κ1) is 18.5. The number of aromatic nitrogens is 4. The van der Waals surface area contributed by atoms with Crippen molar-refractivity contribution in [2.45, 2.75) is 4.90 Å². The Morgan fingerprint density at radius 2 is 1.86 bits per heavy atom. The fourth-order valence-corrected chi connectivity index (χ4v) is 3.20. The van der Waals surface area contributed by atoms with E-state index in [1.165, 1.54) is 18.5 Å². The van der Waals surface area contributed by atoms with Crippen LogP contribution < -0.4 is 11.1 Å². The summed E-state index contributed by atoms with van der Waals surface area (Å²) in [5.74, 6) is 0.246. The minimum atomic E-state index is -4.89. The third kappa shape index (κ3) is 3.75. The highest BCUT2D eigenvalue weighted by Crippen LogP contribution is 2.23. The van der Waals surface area contributed by atoms with Crippen molar-refractivity contribution in [3.05, 3.63) is 60.4 Å². The monoisotopic (exact) mass is 412 g/mol. The average Bonchev–Trinajstić information content (AvgIpc) is 3.14. The molecule has 0 radical (unpaired) electrons. The molecule has 0 saturated heterocycles. The number of carbonyl (C=O) groups excluding carboxylic acids is 1. The van der Waals surface area contributed by atoms with Gasteiger partial charge in [-0.25, -0.2) is 15.0 Å². The molecule has 0 unspecified atom stereocenters. The van der Waals surface area contributed by atoms with Crippen LogP contribution in [0.4, 0.5) is 15.4 Å². The van der Waals surface area contributed by atoms with Gasteiger partial charge in [0.05, 0.1) is 4.90 Å². The lowest BCUT2D eigenvalue weighted by Gasteiger charge is -2.06. The second-order valence-electron chi connectivity index (χ2n) is 6.04. The summed E-state index contributed by atoms with van der Waals surface area (Å²) in [6.45, 7) is 0. The maximum Gasteiger partial charge on any atom is 0.332 e. The Labute approximate surface area is 164 Å². The highest BCUT2D eigenvalue weighted by molar-refractivity contribution is 7.86. The molecule has 0 bridgehead atoms. The molecule has 11 heteroatoms. The second-order valence-corrected chi connectivity index (χ2v) is 7.39. The zero-order valence-electron chi connectivity index (χ0n) is 14.6. The number of hydrogen-bond donors (Lipinski definition) is 3. The van der Waals surface area contributed by atoms with Crippen LogP contribution in [-0.4, -0.2) is 34.3 Å². The molecular weight excluding hydrogens is 399 g/mol. The smallest absolute Gasteiger partial charge is 0.332 e. The van der Waals surface area contributed by atoms with Crippen molar-refractivity contribution < 1.29 is 17.1 Å². The molecule has 0 saturated carbocycles. The summed E-state index contributed by atoms with van der Waals surface area (Å²) in [5.41, 5.74) is 7.96. The van der Waals surface area contributed by atoms with Gasteiger partial charge < -0.3 is 16.0 Å². The topological polar surface area (TPSA) is 144 Å². The predicted molar refractivity (Wildman–Crippen MR) is 104 cm³/mol. The number of anilines is 2. The molecule has 0 aliphatic heterocycles. The standard InChI is InChI=1S/C18H13FN6O3S/c19-29(27,28)13-3-1-2-11(8-13)18(26)23-12-6-4-10(5-7-12)16-24-14-15(20)21-9-22-17(14)25-16/h1-9H,(H,23,26)(H3,20,21,22,24,25). The highest BCUT2D eigenvalue weighted by Gasteiger charge is 2.15. The molecule has 0 atom stereocenters. The maximum atomic E-state index is 13.1. The van der Waals surface area contributed by atoms with E-state index in [4.69, 9.17) is 5.73 Å².